The highest BCUT2D eigenvalue weighted by Gasteiger charge is 2.18. The molecule has 0 unspecified atom stereocenters. The summed E-state index contributed by atoms with van der Waals surface area (Å²) in [6.07, 6.45) is 1.68. The molecule has 0 aromatic heterocycles. The van der Waals surface area contributed by atoms with E-state index in [0.29, 0.717) is 0 Å². The van der Waals surface area contributed by atoms with Crippen LogP contribution in [0.2, 0.25) is 0 Å². The van der Waals surface area contributed by atoms with Crippen LogP contribution in [0.3, 0.4) is 0 Å². The summed E-state index contributed by atoms with van der Waals surface area (Å²) in [5.74, 6) is 0.877. The summed E-state index contributed by atoms with van der Waals surface area (Å²) in [7, 11) is 1.68. The van der Waals surface area contributed by atoms with Crippen LogP contribution in [0.4, 0.5) is 11.4 Å². The lowest BCUT2D eigenvalue weighted by Crippen LogP contribution is -2.46. The van der Waals surface area contributed by atoms with Crippen LogP contribution in [0.5, 0.6) is 5.75 Å². The maximum absolute atomic E-state index is 11.1. The predicted molar refractivity (Wildman–Crippen MR) is 103 cm³/mol. The standard InChI is InChI=1S/C20H25N3O3/c1-26-19-10-8-18(9-11-19)22-15-13-21(14-16-22)12-4-6-17-5-2-3-7-20(17)23(24)25/h2-3,5,7-11H,4,6,12-16H2,1H3. The normalized spacial score (nSPS) is 15.0. The molecule has 138 valence electrons. The van der Waals surface area contributed by atoms with Gasteiger partial charge in [-0.25, -0.2) is 0 Å². The van der Waals surface area contributed by atoms with Crippen LogP contribution in [0.1, 0.15) is 12.0 Å². The van der Waals surface area contributed by atoms with Crippen molar-refractivity contribution < 1.29 is 9.66 Å². The fourth-order valence-electron chi connectivity index (χ4n) is 3.42. The second-order valence-electron chi connectivity index (χ2n) is 6.52. The molecule has 1 saturated heterocycles. The number of anilines is 1. The van der Waals surface area contributed by atoms with E-state index in [1.807, 2.05) is 24.3 Å². The molecule has 2 aromatic carbocycles. The number of hydrogen-bond donors (Lipinski definition) is 0. The van der Waals surface area contributed by atoms with Crippen LogP contribution in [0.25, 0.3) is 0 Å². The lowest BCUT2D eigenvalue weighted by Gasteiger charge is -2.36. The Morgan fingerprint density at radius 1 is 1.04 bits per heavy atom. The number of rotatable bonds is 7. The molecule has 0 bridgehead atoms. The number of aryl methyl sites for hydroxylation is 1. The predicted octanol–water partition coefficient (Wildman–Crippen LogP) is 3.36. The van der Waals surface area contributed by atoms with Gasteiger partial charge in [0.05, 0.1) is 12.0 Å². The molecule has 1 aliphatic heterocycles. The third-order valence-corrected chi connectivity index (χ3v) is 4.92. The van der Waals surface area contributed by atoms with Crippen molar-refractivity contribution in [2.24, 2.45) is 0 Å². The molecule has 0 saturated carbocycles. The number of nitro benzene ring substituents is 1. The molecule has 26 heavy (non-hydrogen) atoms. The Morgan fingerprint density at radius 2 is 1.73 bits per heavy atom. The van der Waals surface area contributed by atoms with Gasteiger partial charge < -0.3 is 9.64 Å². The maximum atomic E-state index is 11.1. The first-order valence-corrected chi connectivity index (χ1v) is 9.01. The van der Waals surface area contributed by atoms with Gasteiger partial charge in [0.1, 0.15) is 5.75 Å². The number of benzene rings is 2. The minimum Gasteiger partial charge on any atom is -0.497 e. The Balaban J connectivity index is 1.45. The summed E-state index contributed by atoms with van der Waals surface area (Å²) in [6, 6.07) is 15.2. The summed E-state index contributed by atoms with van der Waals surface area (Å²) in [5, 5.41) is 11.1. The molecular formula is C20H25N3O3. The number of nitro groups is 1. The molecule has 6 nitrogen and oxygen atoms in total. The quantitative estimate of drug-likeness (QED) is 0.563. The van der Waals surface area contributed by atoms with E-state index in [0.717, 1.165) is 56.9 Å². The zero-order chi connectivity index (χ0) is 18.4. The largest absolute Gasteiger partial charge is 0.497 e. The van der Waals surface area contributed by atoms with E-state index in [1.165, 1.54) is 5.69 Å². The van der Waals surface area contributed by atoms with Gasteiger partial charge in [-0.3, -0.25) is 15.0 Å². The number of para-hydroxylation sites is 1. The lowest BCUT2D eigenvalue weighted by molar-refractivity contribution is -0.385. The molecule has 1 fully saturated rings. The Kier molecular flexibility index (Phi) is 6.07. The number of piperazine rings is 1. The first-order valence-electron chi connectivity index (χ1n) is 9.01. The Labute approximate surface area is 154 Å². The van der Waals surface area contributed by atoms with Crippen molar-refractivity contribution in [3.63, 3.8) is 0 Å². The molecule has 0 amide bonds. The van der Waals surface area contributed by atoms with Crippen molar-refractivity contribution >= 4 is 11.4 Å². The molecular weight excluding hydrogens is 330 g/mol. The molecule has 6 heteroatoms. The second-order valence-corrected chi connectivity index (χ2v) is 6.52. The fourth-order valence-corrected chi connectivity index (χ4v) is 3.42. The number of hydrogen-bond acceptors (Lipinski definition) is 5. The van der Waals surface area contributed by atoms with E-state index < -0.39 is 0 Å². The van der Waals surface area contributed by atoms with Gasteiger partial charge in [0, 0.05) is 43.5 Å². The van der Waals surface area contributed by atoms with E-state index in [2.05, 4.69) is 21.9 Å². The highest BCUT2D eigenvalue weighted by atomic mass is 16.6. The summed E-state index contributed by atoms with van der Waals surface area (Å²) in [5.41, 5.74) is 2.29. The third kappa shape index (κ3) is 4.52. The van der Waals surface area contributed by atoms with Crippen LogP contribution < -0.4 is 9.64 Å². The van der Waals surface area contributed by atoms with Crippen molar-refractivity contribution in [2.75, 3.05) is 44.7 Å². The van der Waals surface area contributed by atoms with Gasteiger partial charge in [0.15, 0.2) is 0 Å². The molecule has 2 aromatic rings. The highest BCUT2D eigenvalue weighted by Crippen LogP contribution is 2.21. The maximum Gasteiger partial charge on any atom is 0.272 e. The Hall–Kier alpha value is -2.60. The summed E-state index contributed by atoms with van der Waals surface area (Å²) < 4.78 is 5.21. The fraction of sp³-hybridized carbons (Fsp3) is 0.400. The van der Waals surface area contributed by atoms with E-state index in [9.17, 15) is 10.1 Å². The molecule has 1 aliphatic rings. The van der Waals surface area contributed by atoms with Crippen LogP contribution in [-0.4, -0.2) is 49.7 Å². The van der Waals surface area contributed by atoms with Crippen molar-refractivity contribution in [2.45, 2.75) is 12.8 Å². The summed E-state index contributed by atoms with van der Waals surface area (Å²) in [6.45, 7) is 5.00. The van der Waals surface area contributed by atoms with Crippen LogP contribution in [0.15, 0.2) is 48.5 Å². The summed E-state index contributed by atoms with van der Waals surface area (Å²) >= 11 is 0. The molecule has 1 heterocycles. The number of nitrogens with zero attached hydrogens (tertiary/aromatic N) is 3. The topological polar surface area (TPSA) is 58.8 Å². The van der Waals surface area contributed by atoms with Crippen molar-refractivity contribution in [1.82, 2.24) is 4.90 Å². The second kappa shape index (κ2) is 8.67. The van der Waals surface area contributed by atoms with Crippen molar-refractivity contribution in [3.05, 3.63) is 64.2 Å². The van der Waals surface area contributed by atoms with Gasteiger partial charge in [0.25, 0.3) is 5.69 Å². The lowest BCUT2D eigenvalue weighted by atomic mass is 10.1. The van der Waals surface area contributed by atoms with Crippen molar-refractivity contribution in [1.29, 1.82) is 0 Å². The first-order chi connectivity index (χ1) is 12.7. The molecule has 0 atom stereocenters. The zero-order valence-electron chi connectivity index (χ0n) is 15.1. The average molecular weight is 355 g/mol. The highest BCUT2D eigenvalue weighted by molar-refractivity contribution is 5.49. The average Bonchev–Trinajstić information content (AvgIpc) is 2.69. The van der Waals surface area contributed by atoms with Crippen LogP contribution in [0, 0.1) is 10.1 Å². The van der Waals surface area contributed by atoms with E-state index in [1.54, 1.807) is 19.2 Å². The van der Waals surface area contributed by atoms with Gasteiger partial charge in [-0.15, -0.1) is 0 Å². The number of methoxy groups -OCH3 is 1. The van der Waals surface area contributed by atoms with E-state index in [-0.39, 0.29) is 10.6 Å². The van der Waals surface area contributed by atoms with Gasteiger partial charge >= 0.3 is 0 Å². The molecule has 0 aliphatic carbocycles. The Bertz CT molecular complexity index is 725. The van der Waals surface area contributed by atoms with E-state index >= 15 is 0 Å². The van der Waals surface area contributed by atoms with Crippen LogP contribution in [-0.2, 0) is 6.42 Å². The molecule has 0 spiro atoms. The minimum atomic E-state index is -0.289. The van der Waals surface area contributed by atoms with Gasteiger partial charge in [-0.1, -0.05) is 18.2 Å². The molecule has 0 N–H and O–H groups in total. The minimum absolute atomic E-state index is 0.233. The summed E-state index contributed by atoms with van der Waals surface area (Å²) in [4.78, 5) is 15.6. The third-order valence-electron chi connectivity index (χ3n) is 4.92. The van der Waals surface area contributed by atoms with Gasteiger partial charge in [-0.05, 0) is 43.7 Å². The van der Waals surface area contributed by atoms with Gasteiger partial charge in [-0.2, -0.15) is 0 Å². The SMILES string of the molecule is COc1ccc(N2CCN(CCCc3ccccc3[N+](=O)[O-])CC2)cc1. The van der Waals surface area contributed by atoms with Crippen molar-refractivity contribution in [3.8, 4) is 5.75 Å². The molecule has 0 radical (unpaired) electrons. The first kappa shape index (κ1) is 18.2. The Morgan fingerprint density at radius 3 is 2.38 bits per heavy atom. The molecule has 3 rings (SSSR count). The zero-order valence-corrected chi connectivity index (χ0v) is 15.1. The van der Waals surface area contributed by atoms with Crippen LogP contribution >= 0.6 is 0 Å². The number of ether oxygens (including phenoxy) is 1. The van der Waals surface area contributed by atoms with E-state index in [4.69, 9.17) is 4.74 Å². The monoisotopic (exact) mass is 355 g/mol. The smallest absolute Gasteiger partial charge is 0.272 e. The van der Waals surface area contributed by atoms with Gasteiger partial charge in [0.2, 0.25) is 0 Å².